The van der Waals surface area contributed by atoms with E-state index >= 15 is 0 Å². The van der Waals surface area contributed by atoms with Crippen molar-refractivity contribution in [3.63, 3.8) is 0 Å². The van der Waals surface area contributed by atoms with Crippen LogP contribution >= 0.6 is 11.6 Å². The Morgan fingerprint density at radius 2 is 1.78 bits per heavy atom. The summed E-state index contributed by atoms with van der Waals surface area (Å²) < 4.78 is 11.4. The second-order valence-electron chi connectivity index (χ2n) is 6.12. The van der Waals surface area contributed by atoms with E-state index in [1.165, 1.54) is 0 Å². The number of aromatic nitrogens is 2. The van der Waals surface area contributed by atoms with Crippen molar-refractivity contribution < 1.29 is 9.47 Å². The molecule has 0 aliphatic carbocycles. The van der Waals surface area contributed by atoms with Crippen molar-refractivity contribution in [2.75, 3.05) is 6.61 Å². The zero-order valence-corrected chi connectivity index (χ0v) is 17.1. The molecular weight excluding hydrogens is 362 g/mol. The molecule has 0 amide bonds. The normalized spacial score (nSPS) is 10.7. The van der Waals surface area contributed by atoms with Crippen LogP contribution in [0, 0.1) is 11.3 Å². The van der Waals surface area contributed by atoms with Crippen LogP contribution in [0.5, 0.6) is 11.6 Å². The van der Waals surface area contributed by atoms with Crippen LogP contribution in [0.1, 0.15) is 51.9 Å². The molecular formula is C21H26ClN3O2. The van der Waals surface area contributed by atoms with Gasteiger partial charge in [-0.2, -0.15) is 5.26 Å². The van der Waals surface area contributed by atoms with Gasteiger partial charge in [-0.1, -0.05) is 39.3 Å². The van der Waals surface area contributed by atoms with Crippen molar-refractivity contribution in [2.24, 2.45) is 0 Å². The fourth-order valence-corrected chi connectivity index (χ4v) is 3.04. The number of hydrogen-bond donors (Lipinski definition) is 0. The largest absolute Gasteiger partial charge is 0.479 e. The third-order valence-corrected chi connectivity index (χ3v) is 4.67. The maximum absolute atomic E-state index is 8.64. The van der Waals surface area contributed by atoms with E-state index in [2.05, 4.69) is 13.8 Å². The molecule has 0 radical (unpaired) electrons. The molecule has 0 saturated carbocycles. The summed E-state index contributed by atoms with van der Waals surface area (Å²) in [6.45, 7) is 8.28. The van der Waals surface area contributed by atoms with Crippen LogP contribution < -0.4 is 9.47 Å². The molecule has 5 nitrogen and oxygen atoms in total. The molecule has 6 heteroatoms. The van der Waals surface area contributed by atoms with Crippen LogP contribution in [0.25, 0.3) is 11.3 Å². The monoisotopic (exact) mass is 387 g/mol. The molecule has 0 bridgehead atoms. The zero-order chi connectivity index (χ0) is 19.8. The van der Waals surface area contributed by atoms with Gasteiger partial charge < -0.3 is 9.47 Å². The van der Waals surface area contributed by atoms with Crippen LogP contribution in [0.4, 0.5) is 0 Å². The Morgan fingerprint density at radius 3 is 2.33 bits per heavy atom. The van der Waals surface area contributed by atoms with Gasteiger partial charge in [-0.3, -0.25) is 0 Å². The molecule has 0 spiro atoms. The molecule has 0 atom stereocenters. The fraction of sp³-hybridized carbons (Fsp3) is 0.476. The Balaban J connectivity index is 2.46. The topological polar surface area (TPSA) is 68.0 Å². The molecule has 144 valence electrons. The molecule has 0 saturated heterocycles. The Labute approximate surface area is 166 Å². The summed E-state index contributed by atoms with van der Waals surface area (Å²) in [5, 5.41) is 9.16. The van der Waals surface area contributed by atoms with Crippen molar-refractivity contribution >= 4 is 11.6 Å². The van der Waals surface area contributed by atoms with Crippen molar-refractivity contribution in [1.29, 1.82) is 5.26 Å². The van der Waals surface area contributed by atoms with Gasteiger partial charge in [0.25, 0.3) is 0 Å². The number of nitrogens with zero attached hydrogens (tertiary/aromatic N) is 3. The van der Waals surface area contributed by atoms with Gasteiger partial charge in [0.15, 0.2) is 6.61 Å². The predicted molar refractivity (Wildman–Crippen MR) is 107 cm³/mol. The molecule has 27 heavy (non-hydrogen) atoms. The van der Waals surface area contributed by atoms with Gasteiger partial charge in [-0.05, 0) is 43.9 Å². The maximum Gasteiger partial charge on any atom is 0.236 e. The zero-order valence-electron chi connectivity index (χ0n) is 16.4. The SMILES string of the molecule is CCc1nc(-c2ccc(OCC#N)cc2Cl)c(CC)nc1OC(CC)CC. The van der Waals surface area contributed by atoms with Gasteiger partial charge in [0.2, 0.25) is 5.88 Å². The van der Waals surface area contributed by atoms with E-state index < -0.39 is 0 Å². The first-order valence-electron chi connectivity index (χ1n) is 9.43. The van der Waals surface area contributed by atoms with Crippen LogP contribution in [-0.2, 0) is 12.8 Å². The number of ether oxygens (including phenoxy) is 2. The van der Waals surface area contributed by atoms with E-state index in [-0.39, 0.29) is 12.7 Å². The summed E-state index contributed by atoms with van der Waals surface area (Å²) in [5.74, 6) is 1.18. The van der Waals surface area contributed by atoms with Gasteiger partial charge >= 0.3 is 0 Å². The average Bonchev–Trinajstić information content (AvgIpc) is 2.70. The van der Waals surface area contributed by atoms with Crippen LogP contribution in [0.2, 0.25) is 5.02 Å². The number of hydrogen-bond acceptors (Lipinski definition) is 5. The minimum Gasteiger partial charge on any atom is -0.479 e. The van der Waals surface area contributed by atoms with Gasteiger partial charge in [0, 0.05) is 5.56 Å². The summed E-state index contributed by atoms with van der Waals surface area (Å²) in [6, 6.07) is 7.30. The van der Waals surface area contributed by atoms with E-state index in [0.717, 1.165) is 41.9 Å². The number of halogens is 1. The number of nitriles is 1. The first-order chi connectivity index (χ1) is 13.1. The van der Waals surface area contributed by atoms with E-state index in [1.54, 1.807) is 12.1 Å². The van der Waals surface area contributed by atoms with Gasteiger partial charge in [0.1, 0.15) is 17.5 Å². The summed E-state index contributed by atoms with van der Waals surface area (Å²) in [4.78, 5) is 9.61. The Morgan fingerprint density at radius 1 is 1.07 bits per heavy atom. The first-order valence-corrected chi connectivity index (χ1v) is 9.81. The van der Waals surface area contributed by atoms with Crippen LogP contribution in [0.15, 0.2) is 18.2 Å². The summed E-state index contributed by atoms with van der Waals surface area (Å²) in [6.07, 6.45) is 3.44. The Hall–Kier alpha value is -2.32. The standard InChI is InChI=1S/C21H26ClN3O2/c1-5-14(6-2)27-21-19(8-4)24-20(18(7-3)25-21)16-10-9-15(13-17(16)22)26-12-11-23/h9-10,13-14H,5-8,12H2,1-4H3. The second-order valence-corrected chi connectivity index (χ2v) is 6.53. The Kier molecular flexibility index (Phi) is 7.87. The molecule has 0 aliphatic rings. The fourth-order valence-electron chi connectivity index (χ4n) is 2.78. The molecule has 0 unspecified atom stereocenters. The molecule has 0 fully saturated rings. The molecule has 0 N–H and O–H groups in total. The minimum atomic E-state index is -0.0161. The third kappa shape index (κ3) is 5.11. The summed E-state index contributed by atoms with van der Waals surface area (Å²) >= 11 is 6.47. The second kappa shape index (κ2) is 10.1. The van der Waals surface area contributed by atoms with Crippen molar-refractivity contribution in [2.45, 2.75) is 59.5 Å². The minimum absolute atomic E-state index is 0.0161. The third-order valence-electron chi connectivity index (χ3n) is 4.36. The highest BCUT2D eigenvalue weighted by atomic mass is 35.5. The summed E-state index contributed by atoms with van der Waals surface area (Å²) in [5.41, 5.74) is 3.24. The average molecular weight is 388 g/mol. The van der Waals surface area contributed by atoms with Crippen molar-refractivity contribution in [3.8, 4) is 29.0 Å². The van der Waals surface area contributed by atoms with Gasteiger partial charge in [-0.15, -0.1) is 0 Å². The lowest BCUT2D eigenvalue weighted by Gasteiger charge is -2.19. The van der Waals surface area contributed by atoms with E-state index in [1.807, 2.05) is 26.0 Å². The van der Waals surface area contributed by atoms with E-state index in [9.17, 15) is 0 Å². The first kappa shape index (κ1) is 21.0. The van der Waals surface area contributed by atoms with Gasteiger partial charge in [-0.25, -0.2) is 9.97 Å². The summed E-state index contributed by atoms with van der Waals surface area (Å²) in [7, 11) is 0. The predicted octanol–water partition coefficient (Wildman–Crippen LogP) is 5.39. The molecule has 1 aromatic heterocycles. The maximum atomic E-state index is 8.64. The number of rotatable bonds is 9. The van der Waals surface area contributed by atoms with E-state index in [4.69, 9.17) is 36.3 Å². The highest BCUT2D eigenvalue weighted by molar-refractivity contribution is 6.33. The van der Waals surface area contributed by atoms with E-state index in [0.29, 0.717) is 23.1 Å². The highest BCUT2D eigenvalue weighted by Gasteiger charge is 2.18. The number of benzene rings is 1. The lowest BCUT2D eigenvalue weighted by Crippen LogP contribution is -2.17. The lowest BCUT2D eigenvalue weighted by molar-refractivity contribution is 0.181. The quantitative estimate of drug-likeness (QED) is 0.576. The lowest BCUT2D eigenvalue weighted by atomic mass is 10.1. The smallest absolute Gasteiger partial charge is 0.236 e. The molecule has 1 aromatic carbocycles. The molecule has 2 aromatic rings. The van der Waals surface area contributed by atoms with Crippen LogP contribution in [0.3, 0.4) is 0 Å². The molecule has 0 aliphatic heterocycles. The van der Waals surface area contributed by atoms with Crippen LogP contribution in [-0.4, -0.2) is 22.7 Å². The molecule has 1 heterocycles. The Bertz CT molecular complexity index is 814. The number of aryl methyl sites for hydroxylation is 2. The highest BCUT2D eigenvalue weighted by Crippen LogP contribution is 2.34. The van der Waals surface area contributed by atoms with Crippen molar-refractivity contribution in [1.82, 2.24) is 9.97 Å². The van der Waals surface area contributed by atoms with Crippen molar-refractivity contribution in [3.05, 3.63) is 34.6 Å². The van der Waals surface area contributed by atoms with Gasteiger partial charge in [0.05, 0.1) is 22.5 Å². The molecule has 2 rings (SSSR count).